The van der Waals surface area contributed by atoms with Crippen LogP contribution in [0.15, 0.2) is 18.2 Å². The number of hydrogen-bond acceptors (Lipinski definition) is 4. The van der Waals surface area contributed by atoms with E-state index in [0.717, 1.165) is 25.2 Å². The summed E-state index contributed by atoms with van der Waals surface area (Å²) in [6.45, 7) is 0.478. The lowest BCUT2D eigenvalue weighted by atomic mass is 10.1. The van der Waals surface area contributed by atoms with Crippen molar-refractivity contribution in [2.75, 3.05) is 32.5 Å². The van der Waals surface area contributed by atoms with Crippen molar-refractivity contribution in [3.05, 3.63) is 23.8 Å². The summed E-state index contributed by atoms with van der Waals surface area (Å²) in [6.07, 6.45) is 0.957. The van der Waals surface area contributed by atoms with E-state index in [9.17, 15) is 8.78 Å². The van der Waals surface area contributed by atoms with Crippen molar-refractivity contribution in [1.82, 2.24) is 4.90 Å². The van der Waals surface area contributed by atoms with Crippen LogP contribution in [0, 0.1) is 5.41 Å². The van der Waals surface area contributed by atoms with Gasteiger partial charge in [-0.3, -0.25) is 0 Å². The molecule has 0 spiro atoms. The standard InChI is InChI=1S/C14H21F2N3O/c1-10(17)12-9-11(20-14(15)16)5-6-13(12)18-7-4-8-19(2)3/h5-6,9,14,17-18H,4,7-8H2,1-3H3. The van der Waals surface area contributed by atoms with Gasteiger partial charge in [-0.05, 0) is 52.2 Å². The minimum absolute atomic E-state index is 0.0699. The van der Waals surface area contributed by atoms with E-state index in [1.165, 1.54) is 12.1 Å². The van der Waals surface area contributed by atoms with E-state index in [4.69, 9.17) is 5.41 Å². The minimum Gasteiger partial charge on any atom is -0.435 e. The first kappa shape index (κ1) is 16.4. The van der Waals surface area contributed by atoms with Crippen molar-refractivity contribution in [2.45, 2.75) is 20.0 Å². The Hall–Kier alpha value is -1.69. The number of anilines is 1. The molecule has 4 nitrogen and oxygen atoms in total. The average Bonchev–Trinajstić information content (AvgIpc) is 2.34. The van der Waals surface area contributed by atoms with Gasteiger partial charge in [0.1, 0.15) is 5.75 Å². The second kappa shape index (κ2) is 7.79. The van der Waals surface area contributed by atoms with Gasteiger partial charge < -0.3 is 20.4 Å². The smallest absolute Gasteiger partial charge is 0.387 e. The topological polar surface area (TPSA) is 48.4 Å². The highest BCUT2D eigenvalue weighted by Gasteiger charge is 2.09. The van der Waals surface area contributed by atoms with E-state index in [1.54, 1.807) is 13.0 Å². The number of halogens is 2. The fourth-order valence-electron chi connectivity index (χ4n) is 1.78. The van der Waals surface area contributed by atoms with E-state index in [-0.39, 0.29) is 5.75 Å². The molecule has 0 fully saturated rings. The number of benzene rings is 1. The molecule has 1 aromatic carbocycles. The number of nitrogens with zero attached hydrogens (tertiary/aromatic N) is 1. The second-order valence-corrected chi connectivity index (χ2v) is 4.79. The van der Waals surface area contributed by atoms with Crippen molar-refractivity contribution in [3.63, 3.8) is 0 Å². The van der Waals surface area contributed by atoms with Crippen molar-refractivity contribution < 1.29 is 13.5 Å². The molecule has 0 aliphatic heterocycles. The van der Waals surface area contributed by atoms with Gasteiger partial charge in [0, 0.05) is 23.5 Å². The number of ether oxygens (including phenoxy) is 1. The number of hydrogen-bond donors (Lipinski definition) is 2. The largest absolute Gasteiger partial charge is 0.435 e. The zero-order valence-electron chi connectivity index (χ0n) is 12.0. The zero-order chi connectivity index (χ0) is 15.1. The molecule has 0 aromatic heterocycles. The Labute approximate surface area is 118 Å². The van der Waals surface area contributed by atoms with Crippen LogP contribution in [0.1, 0.15) is 18.9 Å². The van der Waals surface area contributed by atoms with Crippen molar-refractivity contribution in [3.8, 4) is 5.75 Å². The van der Waals surface area contributed by atoms with Crippen LogP contribution in [0.5, 0.6) is 5.75 Å². The number of alkyl halides is 2. The zero-order valence-corrected chi connectivity index (χ0v) is 12.0. The normalized spacial score (nSPS) is 10.9. The molecule has 0 heterocycles. The maximum Gasteiger partial charge on any atom is 0.387 e. The molecule has 0 bridgehead atoms. The summed E-state index contributed by atoms with van der Waals surface area (Å²) in [7, 11) is 4.01. The van der Waals surface area contributed by atoms with Gasteiger partial charge >= 0.3 is 6.61 Å². The van der Waals surface area contributed by atoms with Crippen LogP contribution in [0.3, 0.4) is 0 Å². The molecule has 0 radical (unpaired) electrons. The molecule has 0 unspecified atom stereocenters. The van der Waals surface area contributed by atoms with E-state index in [2.05, 4.69) is 15.0 Å². The quantitative estimate of drug-likeness (QED) is 0.570. The Morgan fingerprint density at radius 3 is 2.65 bits per heavy atom. The molecule has 0 saturated carbocycles. The predicted molar refractivity (Wildman–Crippen MR) is 77.2 cm³/mol. The SMILES string of the molecule is CC(=N)c1cc(OC(F)F)ccc1NCCCN(C)C. The third kappa shape index (κ3) is 5.52. The van der Waals surface area contributed by atoms with Gasteiger partial charge in [0.15, 0.2) is 0 Å². The van der Waals surface area contributed by atoms with E-state index in [1.807, 2.05) is 14.1 Å². The molecule has 20 heavy (non-hydrogen) atoms. The van der Waals surface area contributed by atoms with Crippen LogP contribution in [-0.4, -0.2) is 44.4 Å². The Morgan fingerprint density at radius 1 is 1.40 bits per heavy atom. The fourth-order valence-corrected chi connectivity index (χ4v) is 1.78. The van der Waals surface area contributed by atoms with Gasteiger partial charge in [-0.25, -0.2) is 0 Å². The first-order chi connectivity index (χ1) is 9.40. The Bertz CT molecular complexity index is 450. The van der Waals surface area contributed by atoms with Crippen LogP contribution in [-0.2, 0) is 0 Å². The molecule has 1 aromatic rings. The summed E-state index contributed by atoms with van der Waals surface area (Å²) in [5.74, 6) is 0.0699. The molecule has 0 atom stereocenters. The third-order valence-electron chi connectivity index (χ3n) is 2.72. The predicted octanol–water partition coefficient (Wildman–Crippen LogP) is 3.04. The monoisotopic (exact) mass is 285 g/mol. The number of nitrogens with one attached hydrogen (secondary N) is 2. The lowest BCUT2D eigenvalue weighted by Gasteiger charge is -2.14. The fraction of sp³-hybridized carbons (Fsp3) is 0.500. The number of rotatable bonds is 8. The van der Waals surface area contributed by atoms with Crippen LogP contribution in [0.25, 0.3) is 0 Å². The van der Waals surface area contributed by atoms with Crippen molar-refractivity contribution >= 4 is 11.4 Å². The maximum atomic E-state index is 12.2. The lowest BCUT2D eigenvalue weighted by Crippen LogP contribution is -2.17. The molecular formula is C14H21F2N3O. The van der Waals surface area contributed by atoms with Crippen molar-refractivity contribution in [2.24, 2.45) is 0 Å². The van der Waals surface area contributed by atoms with Crippen LogP contribution in [0.2, 0.25) is 0 Å². The van der Waals surface area contributed by atoms with E-state index in [0.29, 0.717) is 11.3 Å². The summed E-state index contributed by atoms with van der Waals surface area (Å²) in [6, 6.07) is 4.61. The van der Waals surface area contributed by atoms with Gasteiger partial charge in [0.2, 0.25) is 0 Å². The van der Waals surface area contributed by atoms with Crippen LogP contribution >= 0.6 is 0 Å². The minimum atomic E-state index is -2.85. The first-order valence-electron chi connectivity index (χ1n) is 6.43. The summed E-state index contributed by atoms with van der Waals surface area (Å²) < 4.78 is 28.7. The highest BCUT2D eigenvalue weighted by Crippen LogP contribution is 2.24. The molecule has 0 aliphatic carbocycles. The van der Waals surface area contributed by atoms with Crippen LogP contribution < -0.4 is 10.1 Å². The summed E-state index contributed by atoms with van der Waals surface area (Å²) >= 11 is 0. The maximum absolute atomic E-state index is 12.2. The molecule has 1 rings (SSSR count). The molecule has 0 saturated heterocycles. The summed E-state index contributed by atoms with van der Waals surface area (Å²) in [5.41, 5.74) is 1.64. The Morgan fingerprint density at radius 2 is 2.10 bits per heavy atom. The molecule has 6 heteroatoms. The second-order valence-electron chi connectivity index (χ2n) is 4.79. The highest BCUT2D eigenvalue weighted by molar-refractivity contribution is 6.01. The Kier molecular flexibility index (Phi) is 6.38. The Balaban J connectivity index is 2.72. The highest BCUT2D eigenvalue weighted by atomic mass is 19.3. The van der Waals surface area contributed by atoms with Gasteiger partial charge in [-0.2, -0.15) is 8.78 Å². The van der Waals surface area contributed by atoms with Crippen molar-refractivity contribution in [1.29, 1.82) is 5.41 Å². The molecule has 112 valence electrons. The van der Waals surface area contributed by atoms with Gasteiger partial charge in [0.25, 0.3) is 0 Å². The average molecular weight is 285 g/mol. The molecule has 0 aliphatic rings. The van der Waals surface area contributed by atoms with Gasteiger partial charge in [-0.1, -0.05) is 0 Å². The van der Waals surface area contributed by atoms with Crippen LogP contribution in [0.4, 0.5) is 14.5 Å². The molecule has 0 amide bonds. The van der Waals surface area contributed by atoms with Gasteiger partial charge in [-0.15, -0.1) is 0 Å². The third-order valence-corrected chi connectivity index (χ3v) is 2.72. The molecular weight excluding hydrogens is 264 g/mol. The summed E-state index contributed by atoms with van der Waals surface area (Å²) in [5, 5.41) is 10.9. The van der Waals surface area contributed by atoms with Gasteiger partial charge in [0.05, 0.1) is 0 Å². The van der Waals surface area contributed by atoms with E-state index >= 15 is 0 Å². The summed E-state index contributed by atoms with van der Waals surface area (Å²) in [4.78, 5) is 2.09. The molecule has 2 N–H and O–H groups in total. The van der Waals surface area contributed by atoms with E-state index < -0.39 is 6.61 Å². The first-order valence-corrected chi connectivity index (χ1v) is 6.43. The lowest BCUT2D eigenvalue weighted by molar-refractivity contribution is -0.0498.